The molecule has 0 unspecified atom stereocenters. The van der Waals surface area contributed by atoms with Crippen molar-refractivity contribution in [2.75, 3.05) is 0 Å². The van der Waals surface area contributed by atoms with Crippen molar-refractivity contribution in [1.29, 1.82) is 0 Å². The molecule has 7 nitrogen and oxygen atoms in total. The van der Waals surface area contributed by atoms with Gasteiger partial charge in [0, 0.05) is 78.7 Å². The molecule has 0 atom stereocenters. The van der Waals surface area contributed by atoms with Crippen LogP contribution in [0.3, 0.4) is 0 Å². The Morgan fingerprint density at radius 3 is 1.37 bits per heavy atom. The van der Waals surface area contributed by atoms with Crippen molar-refractivity contribution in [2.24, 2.45) is 0 Å². The van der Waals surface area contributed by atoms with Gasteiger partial charge in [0.1, 0.15) is 5.82 Å². The number of hydrogen-bond acceptors (Lipinski definition) is 6. The Balaban J connectivity index is 0.997. The minimum Gasteiger partial charge on any atom is -0.292 e. The van der Waals surface area contributed by atoms with E-state index in [-0.39, 0.29) is 0 Å². The molecule has 0 aliphatic heterocycles. The Labute approximate surface area is 389 Å². The molecule has 6 heterocycles. The topological polar surface area (TPSA) is 66.3 Å². The van der Waals surface area contributed by atoms with Gasteiger partial charge in [-0.1, -0.05) is 140 Å². The van der Waals surface area contributed by atoms with Crippen LogP contribution < -0.4 is 0 Å². The van der Waals surface area contributed by atoms with Crippen LogP contribution in [0, 0.1) is 0 Å². The van der Waals surface area contributed by atoms with Crippen LogP contribution in [0.2, 0.25) is 0 Å². The first-order valence-corrected chi connectivity index (χ1v) is 23.9. The third kappa shape index (κ3) is 5.32. The molecule has 0 saturated heterocycles. The average Bonchev–Trinajstić information content (AvgIpc) is 4.21. The maximum absolute atomic E-state index is 5.52. The molecule has 0 saturated carbocycles. The average molecular weight is 892 g/mol. The summed E-state index contributed by atoms with van der Waals surface area (Å²) in [6.45, 7) is 0. The van der Waals surface area contributed by atoms with Gasteiger partial charge in [0.15, 0.2) is 5.82 Å². The normalized spacial score (nSPS) is 12.2. The van der Waals surface area contributed by atoms with Gasteiger partial charge in [0.2, 0.25) is 11.9 Å². The Kier molecular flexibility index (Phi) is 7.69. The minimum absolute atomic E-state index is 0.551. The molecule has 0 aliphatic carbocycles. The van der Waals surface area contributed by atoms with Gasteiger partial charge < -0.3 is 0 Å². The molecule has 0 aliphatic rings. The summed E-state index contributed by atoms with van der Waals surface area (Å²) in [5.74, 6) is 2.54. The highest BCUT2D eigenvalue weighted by Gasteiger charge is 2.24. The van der Waals surface area contributed by atoms with E-state index in [9.17, 15) is 0 Å². The van der Waals surface area contributed by atoms with Crippen molar-refractivity contribution in [3.05, 3.63) is 200 Å². The van der Waals surface area contributed by atoms with E-state index in [2.05, 4.69) is 202 Å². The fourth-order valence-electron chi connectivity index (χ4n) is 10.4. The lowest BCUT2D eigenvalue weighted by molar-refractivity contribution is 0.893. The molecule has 0 fully saturated rings. The van der Waals surface area contributed by atoms with Crippen LogP contribution >= 0.6 is 22.7 Å². The minimum atomic E-state index is 0.551. The second kappa shape index (κ2) is 14.0. The molecule has 312 valence electrons. The largest absolute Gasteiger partial charge is 0.292 e. The van der Waals surface area contributed by atoms with Gasteiger partial charge in [-0.25, -0.2) is 4.98 Å². The summed E-state index contributed by atoms with van der Waals surface area (Å²) in [6, 6.07) is 70.9. The molecule has 0 spiro atoms. The highest BCUT2D eigenvalue weighted by atomic mass is 32.1. The summed E-state index contributed by atoms with van der Waals surface area (Å²) in [7, 11) is 0. The molecule has 67 heavy (non-hydrogen) atoms. The maximum atomic E-state index is 5.52. The molecule has 0 radical (unpaired) electrons. The highest BCUT2D eigenvalue weighted by Crippen LogP contribution is 2.45. The molecule has 0 N–H and O–H groups in total. The summed E-state index contributed by atoms with van der Waals surface area (Å²) >= 11 is 3.69. The van der Waals surface area contributed by atoms with Crippen LogP contribution in [0.5, 0.6) is 0 Å². The number of para-hydroxylation sites is 5. The molecular weight excluding hydrogens is 859 g/mol. The number of benzene rings is 9. The zero-order valence-corrected chi connectivity index (χ0v) is 37.1. The number of fused-ring (bicyclic) bond motifs is 15. The van der Waals surface area contributed by atoms with Crippen LogP contribution in [0.1, 0.15) is 0 Å². The Bertz CT molecular complexity index is 4310. The van der Waals surface area contributed by atoms with Gasteiger partial charge >= 0.3 is 0 Å². The van der Waals surface area contributed by atoms with E-state index in [4.69, 9.17) is 19.9 Å². The van der Waals surface area contributed by atoms with Crippen molar-refractivity contribution in [3.8, 4) is 40.4 Å². The van der Waals surface area contributed by atoms with E-state index < -0.39 is 0 Å². The summed E-state index contributed by atoms with van der Waals surface area (Å²) in [5.41, 5.74) is 9.08. The number of nitrogens with zero attached hydrogens (tertiary/aromatic N) is 7. The molecule has 0 bridgehead atoms. The van der Waals surface area contributed by atoms with E-state index in [1.807, 2.05) is 34.8 Å². The van der Waals surface area contributed by atoms with Gasteiger partial charge in [-0.15, -0.1) is 22.7 Å². The Morgan fingerprint density at radius 1 is 0.313 bits per heavy atom. The molecule has 15 aromatic rings. The fourth-order valence-corrected chi connectivity index (χ4v) is 12.9. The Hall–Kier alpha value is -8.50. The number of imidazole rings is 1. The first-order chi connectivity index (χ1) is 33.2. The summed E-state index contributed by atoms with van der Waals surface area (Å²) in [6.07, 6.45) is 0. The lowest BCUT2D eigenvalue weighted by atomic mass is 10.1. The van der Waals surface area contributed by atoms with Crippen molar-refractivity contribution in [2.45, 2.75) is 0 Å². The predicted octanol–water partition coefficient (Wildman–Crippen LogP) is 15.5. The maximum Gasteiger partial charge on any atom is 0.240 e. The molecule has 6 aromatic heterocycles. The number of aromatic nitrogens is 7. The summed E-state index contributed by atoms with van der Waals surface area (Å²) in [4.78, 5) is 21.5. The number of rotatable bonds is 5. The lowest BCUT2D eigenvalue weighted by Gasteiger charge is -2.13. The van der Waals surface area contributed by atoms with Gasteiger partial charge in [-0.3, -0.25) is 13.7 Å². The van der Waals surface area contributed by atoms with Crippen LogP contribution in [0.15, 0.2) is 200 Å². The standard InChI is InChI=1S/C58H33N7S2/c1-2-14-36(15-3-1)63-46-23-11-8-20-43(46)59-56(63)35-28-26-34(27-29-35)55-60-57(64-44-21-9-4-18-41(44)51-47(64)32-30-39-37-16-6-12-24-49(37)66-53(39)51)62-58(61-55)65-45-22-10-5-19-42(45)52-48(65)33-31-40-38-17-7-13-25-50(38)67-54(40)52/h1-33H. The van der Waals surface area contributed by atoms with Crippen LogP contribution in [0.25, 0.3) is 135 Å². The molecule has 9 heteroatoms. The smallest absolute Gasteiger partial charge is 0.240 e. The van der Waals surface area contributed by atoms with E-state index >= 15 is 0 Å². The SMILES string of the molecule is c1ccc(-n2c(-c3ccc(-c4nc(-n5c6ccccc6c6c7sc8ccccc8c7ccc65)nc(-n5c6ccccc6c6c7sc8ccccc8c7ccc65)n4)cc3)nc3ccccc32)cc1. The second-order valence-electron chi connectivity index (χ2n) is 17.0. The lowest BCUT2D eigenvalue weighted by Crippen LogP contribution is -2.10. The van der Waals surface area contributed by atoms with E-state index in [1.54, 1.807) is 0 Å². The van der Waals surface area contributed by atoms with Gasteiger partial charge in [0.05, 0.1) is 33.1 Å². The highest BCUT2D eigenvalue weighted by molar-refractivity contribution is 7.27. The monoisotopic (exact) mass is 891 g/mol. The van der Waals surface area contributed by atoms with Crippen LogP contribution in [-0.2, 0) is 0 Å². The van der Waals surface area contributed by atoms with Gasteiger partial charge in [-0.2, -0.15) is 15.0 Å². The fraction of sp³-hybridized carbons (Fsp3) is 0. The molecule has 0 amide bonds. The van der Waals surface area contributed by atoms with Crippen molar-refractivity contribution in [3.63, 3.8) is 0 Å². The Morgan fingerprint density at radius 2 is 0.791 bits per heavy atom. The number of thiophene rings is 2. The predicted molar refractivity (Wildman–Crippen MR) is 280 cm³/mol. The van der Waals surface area contributed by atoms with Crippen molar-refractivity contribution < 1.29 is 0 Å². The first-order valence-electron chi connectivity index (χ1n) is 22.3. The molecule has 9 aromatic carbocycles. The van der Waals surface area contributed by atoms with Crippen molar-refractivity contribution >= 4 is 118 Å². The molecule has 15 rings (SSSR count). The van der Waals surface area contributed by atoms with Crippen LogP contribution in [-0.4, -0.2) is 33.6 Å². The quantitative estimate of drug-likeness (QED) is 0.173. The second-order valence-corrected chi connectivity index (χ2v) is 19.1. The van der Waals surface area contributed by atoms with Crippen LogP contribution in [0.4, 0.5) is 0 Å². The summed E-state index contributed by atoms with van der Waals surface area (Å²) < 4.78 is 11.8. The van der Waals surface area contributed by atoms with Crippen molar-refractivity contribution in [1.82, 2.24) is 33.6 Å². The number of hydrogen-bond donors (Lipinski definition) is 0. The third-order valence-corrected chi connectivity index (χ3v) is 15.8. The van der Waals surface area contributed by atoms with E-state index in [0.717, 1.165) is 66.5 Å². The van der Waals surface area contributed by atoms with E-state index in [0.29, 0.717) is 17.7 Å². The zero-order chi connectivity index (χ0) is 43.7. The van der Waals surface area contributed by atoms with Gasteiger partial charge in [-0.05, 0) is 60.7 Å². The van der Waals surface area contributed by atoms with Gasteiger partial charge in [0.25, 0.3) is 0 Å². The molecular formula is C58H33N7S2. The first kappa shape index (κ1) is 36.8. The van der Waals surface area contributed by atoms with E-state index in [1.165, 1.54) is 51.1 Å². The zero-order valence-electron chi connectivity index (χ0n) is 35.5. The third-order valence-electron chi connectivity index (χ3n) is 13.3. The summed E-state index contributed by atoms with van der Waals surface area (Å²) in [5, 5.41) is 9.78.